The number of benzene rings is 2. The monoisotopic (exact) mass is 398 g/mol. The normalized spacial score (nSPS) is 11.1. The van der Waals surface area contributed by atoms with Crippen molar-refractivity contribution >= 4 is 11.9 Å². The van der Waals surface area contributed by atoms with Crippen LogP contribution in [-0.4, -0.2) is 50.6 Å². The van der Waals surface area contributed by atoms with E-state index in [1.165, 1.54) is 0 Å². The Bertz CT molecular complexity index is 806. The van der Waals surface area contributed by atoms with Crippen molar-refractivity contribution in [1.82, 2.24) is 10.2 Å². The lowest BCUT2D eigenvalue weighted by atomic mass is 10.1. The first kappa shape index (κ1) is 22.1. The van der Waals surface area contributed by atoms with Crippen molar-refractivity contribution in [2.45, 2.75) is 19.9 Å². The van der Waals surface area contributed by atoms with Gasteiger partial charge in [-0.2, -0.15) is 0 Å². The quantitative estimate of drug-likeness (QED) is 0.473. The Balaban J connectivity index is 1.95. The SMILES string of the molecule is CCNC(=NCCc1ccc(OCC(N)=O)cc1)N(C)Cc1ccccc1OC. The highest BCUT2D eigenvalue weighted by Gasteiger charge is 2.09. The van der Waals surface area contributed by atoms with Crippen LogP contribution in [0.25, 0.3) is 0 Å². The number of amides is 1. The highest BCUT2D eigenvalue weighted by molar-refractivity contribution is 5.79. The zero-order valence-electron chi connectivity index (χ0n) is 17.4. The molecule has 7 nitrogen and oxygen atoms in total. The summed E-state index contributed by atoms with van der Waals surface area (Å²) in [6.45, 7) is 4.08. The first-order valence-electron chi connectivity index (χ1n) is 9.64. The van der Waals surface area contributed by atoms with Crippen molar-refractivity contribution in [3.63, 3.8) is 0 Å². The summed E-state index contributed by atoms with van der Waals surface area (Å²) in [6.07, 6.45) is 0.799. The average molecular weight is 399 g/mol. The minimum absolute atomic E-state index is 0.117. The molecule has 0 bridgehead atoms. The summed E-state index contributed by atoms with van der Waals surface area (Å²) < 4.78 is 10.7. The van der Waals surface area contributed by atoms with Gasteiger partial charge in [0.05, 0.1) is 7.11 Å². The number of primary amides is 1. The average Bonchev–Trinajstić information content (AvgIpc) is 2.72. The fraction of sp³-hybridized carbons (Fsp3) is 0.364. The van der Waals surface area contributed by atoms with Gasteiger partial charge in [0.25, 0.3) is 5.91 Å². The largest absolute Gasteiger partial charge is 0.496 e. The van der Waals surface area contributed by atoms with Crippen molar-refractivity contribution in [3.8, 4) is 11.5 Å². The number of hydrogen-bond donors (Lipinski definition) is 2. The van der Waals surface area contributed by atoms with E-state index in [9.17, 15) is 4.79 Å². The number of hydrogen-bond acceptors (Lipinski definition) is 4. The van der Waals surface area contributed by atoms with Crippen molar-refractivity contribution in [3.05, 3.63) is 59.7 Å². The molecule has 0 unspecified atom stereocenters. The predicted molar refractivity (Wildman–Crippen MR) is 115 cm³/mol. The summed E-state index contributed by atoms with van der Waals surface area (Å²) in [4.78, 5) is 17.6. The number of nitrogens with zero attached hydrogens (tertiary/aromatic N) is 2. The summed E-state index contributed by atoms with van der Waals surface area (Å²) in [5.41, 5.74) is 7.33. The lowest BCUT2D eigenvalue weighted by Crippen LogP contribution is -2.38. The maximum absolute atomic E-state index is 10.8. The molecule has 0 aliphatic rings. The second-order valence-corrected chi connectivity index (χ2v) is 6.55. The van der Waals surface area contributed by atoms with E-state index in [0.717, 1.165) is 35.8 Å². The van der Waals surface area contributed by atoms with Gasteiger partial charge in [-0.25, -0.2) is 0 Å². The van der Waals surface area contributed by atoms with Gasteiger partial charge in [-0.1, -0.05) is 30.3 Å². The summed E-state index contributed by atoms with van der Waals surface area (Å²) in [5, 5.41) is 3.33. The molecule has 2 aromatic carbocycles. The Kier molecular flexibility index (Phi) is 8.82. The predicted octanol–water partition coefficient (Wildman–Crippen LogP) is 2.20. The number of nitrogens with two attached hydrogens (primary N) is 1. The molecule has 0 heterocycles. The van der Waals surface area contributed by atoms with E-state index in [2.05, 4.69) is 23.2 Å². The van der Waals surface area contributed by atoms with Crippen molar-refractivity contribution < 1.29 is 14.3 Å². The Morgan fingerprint density at radius 2 is 1.90 bits per heavy atom. The van der Waals surface area contributed by atoms with Gasteiger partial charge in [0, 0.05) is 32.2 Å². The molecule has 0 aliphatic carbocycles. The van der Waals surface area contributed by atoms with E-state index >= 15 is 0 Å². The molecule has 2 rings (SSSR count). The molecule has 29 heavy (non-hydrogen) atoms. The highest BCUT2D eigenvalue weighted by atomic mass is 16.5. The molecule has 0 saturated carbocycles. The number of carbonyl (C=O) groups excluding carboxylic acids is 1. The van der Waals surface area contributed by atoms with Gasteiger partial charge in [0.2, 0.25) is 0 Å². The van der Waals surface area contributed by atoms with E-state index in [0.29, 0.717) is 18.8 Å². The zero-order chi connectivity index (χ0) is 21.1. The highest BCUT2D eigenvalue weighted by Crippen LogP contribution is 2.18. The van der Waals surface area contributed by atoms with Crippen molar-refractivity contribution in [2.75, 3.05) is 33.9 Å². The smallest absolute Gasteiger partial charge is 0.255 e. The molecule has 0 fully saturated rings. The number of nitrogens with one attached hydrogen (secondary N) is 1. The van der Waals surface area contributed by atoms with Crippen molar-refractivity contribution in [2.24, 2.45) is 10.7 Å². The van der Waals surface area contributed by atoms with Crippen LogP contribution in [0.15, 0.2) is 53.5 Å². The summed E-state index contributed by atoms with van der Waals surface area (Å²) >= 11 is 0. The van der Waals surface area contributed by atoms with Crippen LogP contribution < -0.4 is 20.5 Å². The van der Waals surface area contributed by atoms with Gasteiger partial charge in [-0.05, 0) is 37.1 Å². The van der Waals surface area contributed by atoms with E-state index < -0.39 is 5.91 Å². The first-order chi connectivity index (χ1) is 14.0. The Hall–Kier alpha value is -3.22. The van der Waals surface area contributed by atoms with Gasteiger partial charge >= 0.3 is 0 Å². The molecule has 0 atom stereocenters. The number of para-hydroxylation sites is 1. The van der Waals surface area contributed by atoms with Crippen LogP contribution in [0.2, 0.25) is 0 Å². The van der Waals surface area contributed by atoms with Crippen LogP contribution >= 0.6 is 0 Å². The van der Waals surface area contributed by atoms with Gasteiger partial charge in [0.15, 0.2) is 12.6 Å². The van der Waals surface area contributed by atoms with Crippen molar-refractivity contribution in [1.29, 1.82) is 0 Å². The van der Waals surface area contributed by atoms with Crippen LogP contribution in [0.3, 0.4) is 0 Å². The number of aliphatic imine (C=N–C) groups is 1. The molecular formula is C22H30N4O3. The minimum Gasteiger partial charge on any atom is -0.496 e. The summed E-state index contributed by atoms with van der Waals surface area (Å²) in [5.74, 6) is 1.85. The van der Waals surface area contributed by atoms with Gasteiger partial charge in [-0.15, -0.1) is 0 Å². The lowest BCUT2D eigenvalue weighted by molar-refractivity contribution is -0.119. The summed E-state index contributed by atoms with van der Waals surface area (Å²) in [7, 11) is 3.70. The van der Waals surface area contributed by atoms with Gasteiger partial charge < -0.3 is 25.4 Å². The molecule has 1 amide bonds. The molecule has 0 saturated heterocycles. The Morgan fingerprint density at radius 3 is 2.55 bits per heavy atom. The second kappa shape index (κ2) is 11.6. The topological polar surface area (TPSA) is 89.2 Å². The summed E-state index contributed by atoms with van der Waals surface area (Å²) in [6, 6.07) is 15.6. The second-order valence-electron chi connectivity index (χ2n) is 6.55. The number of ether oxygens (including phenoxy) is 2. The maximum atomic E-state index is 10.8. The number of rotatable bonds is 10. The molecule has 7 heteroatoms. The molecular weight excluding hydrogens is 368 g/mol. The standard InChI is InChI=1S/C22H30N4O3/c1-4-24-22(26(2)15-18-7-5-6-8-20(18)28-3)25-14-13-17-9-11-19(12-10-17)29-16-21(23)27/h5-12H,4,13-16H2,1-3H3,(H2,23,27)(H,24,25). The van der Waals surface area contributed by atoms with E-state index in [1.807, 2.05) is 49.5 Å². The number of methoxy groups -OCH3 is 1. The zero-order valence-corrected chi connectivity index (χ0v) is 17.4. The van der Waals surface area contributed by atoms with Crippen LogP contribution in [0, 0.1) is 0 Å². The third-order valence-electron chi connectivity index (χ3n) is 4.26. The molecule has 0 spiro atoms. The molecule has 156 valence electrons. The molecule has 3 N–H and O–H groups in total. The molecule has 2 aromatic rings. The van der Waals surface area contributed by atoms with E-state index in [1.54, 1.807) is 7.11 Å². The third kappa shape index (κ3) is 7.37. The number of carbonyl (C=O) groups is 1. The third-order valence-corrected chi connectivity index (χ3v) is 4.26. The Morgan fingerprint density at radius 1 is 1.17 bits per heavy atom. The van der Waals surface area contributed by atoms with Crippen LogP contribution in [0.4, 0.5) is 0 Å². The number of guanidine groups is 1. The van der Waals surface area contributed by atoms with Gasteiger partial charge in [0.1, 0.15) is 11.5 Å². The minimum atomic E-state index is -0.489. The molecule has 0 radical (unpaired) electrons. The first-order valence-corrected chi connectivity index (χ1v) is 9.64. The fourth-order valence-electron chi connectivity index (χ4n) is 2.83. The molecule has 0 aromatic heterocycles. The fourth-order valence-corrected chi connectivity index (χ4v) is 2.83. The lowest BCUT2D eigenvalue weighted by Gasteiger charge is -2.23. The Labute approximate surface area is 172 Å². The van der Waals surface area contributed by atoms with E-state index in [4.69, 9.17) is 20.2 Å². The van der Waals surface area contributed by atoms with Crippen LogP contribution in [0.1, 0.15) is 18.1 Å². The van der Waals surface area contributed by atoms with Gasteiger partial charge in [-0.3, -0.25) is 9.79 Å². The molecule has 0 aliphatic heterocycles. The van der Waals surface area contributed by atoms with Crippen LogP contribution in [0.5, 0.6) is 11.5 Å². The maximum Gasteiger partial charge on any atom is 0.255 e. The van der Waals surface area contributed by atoms with E-state index in [-0.39, 0.29) is 6.61 Å². The van der Waals surface area contributed by atoms with Crippen LogP contribution in [-0.2, 0) is 17.8 Å².